The predicted molar refractivity (Wildman–Crippen MR) is 166 cm³/mol. The standard InChI is InChI=1S/C30H45N3O8S2/c1-21-10-13-26(14-11-21)43(38,39)31-25-12-15-28-27(17-25)30(35)33(23(3)20-34)18-22(2)29(19-32(5)42(6,36)37)40-16-8-7-9-24(4)41-28/h10-15,17,22-24,29,31,34H,7-9,16,18-20H2,1-6H3/t22-,23+,24-,29-/m0/s1. The highest BCUT2D eigenvalue weighted by molar-refractivity contribution is 7.92. The van der Waals surface area contributed by atoms with Crippen LogP contribution in [0, 0.1) is 12.8 Å². The molecular formula is C30H45N3O8S2. The zero-order valence-corrected chi connectivity index (χ0v) is 27.4. The number of aryl methyl sites for hydroxylation is 1. The van der Waals surface area contributed by atoms with Crippen molar-refractivity contribution in [2.75, 3.05) is 44.3 Å². The fourth-order valence-electron chi connectivity index (χ4n) is 4.77. The van der Waals surface area contributed by atoms with Crippen molar-refractivity contribution in [1.82, 2.24) is 9.21 Å². The van der Waals surface area contributed by atoms with Gasteiger partial charge in [0.05, 0.1) is 41.6 Å². The number of amides is 1. The molecule has 3 rings (SSSR count). The van der Waals surface area contributed by atoms with Crippen molar-refractivity contribution in [3.8, 4) is 5.75 Å². The Balaban J connectivity index is 2.02. The molecule has 0 fully saturated rings. The number of carbonyl (C=O) groups is 1. The Morgan fingerprint density at radius 1 is 1.09 bits per heavy atom. The number of nitrogens with zero attached hydrogens (tertiary/aromatic N) is 2. The molecule has 2 N–H and O–H groups in total. The smallest absolute Gasteiger partial charge is 0.261 e. The fourth-order valence-corrected chi connectivity index (χ4v) is 6.24. The van der Waals surface area contributed by atoms with E-state index in [1.807, 2.05) is 20.8 Å². The highest BCUT2D eigenvalue weighted by Gasteiger charge is 2.31. The molecule has 240 valence electrons. The van der Waals surface area contributed by atoms with Crippen LogP contribution in [-0.2, 0) is 24.8 Å². The van der Waals surface area contributed by atoms with Crippen molar-refractivity contribution in [3.05, 3.63) is 53.6 Å². The van der Waals surface area contributed by atoms with Gasteiger partial charge in [-0.2, -0.15) is 0 Å². The summed E-state index contributed by atoms with van der Waals surface area (Å²) in [5.41, 5.74) is 1.25. The molecule has 0 saturated carbocycles. The van der Waals surface area contributed by atoms with Gasteiger partial charge in [0.25, 0.3) is 15.9 Å². The van der Waals surface area contributed by atoms with Crippen molar-refractivity contribution in [2.45, 2.75) is 70.1 Å². The molecule has 0 aliphatic carbocycles. The summed E-state index contributed by atoms with van der Waals surface area (Å²) in [6.07, 6.45) is 2.58. The van der Waals surface area contributed by atoms with Crippen molar-refractivity contribution in [3.63, 3.8) is 0 Å². The summed E-state index contributed by atoms with van der Waals surface area (Å²) in [7, 11) is -5.90. The lowest BCUT2D eigenvalue weighted by atomic mass is 10.0. The molecule has 0 aromatic heterocycles. The Bertz CT molecular complexity index is 1450. The minimum atomic E-state index is -3.93. The third-order valence-corrected chi connectivity index (χ3v) is 10.3. The second-order valence-electron chi connectivity index (χ2n) is 11.5. The van der Waals surface area contributed by atoms with Gasteiger partial charge in [-0.15, -0.1) is 0 Å². The van der Waals surface area contributed by atoms with Crippen molar-refractivity contribution < 1.29 is 36.2 Å². The second-order valence-corrected chi connectivity index (χ2v) is 15.2. The molecule has 43 heavy (non-hydrogen) atoms. The molecule has 1 aliphatic rings. The number of anilines is 1. The lowest BCUT2D eigenvalue weighted by molar-refractivity contribution is -0.00828. The quantitative estimate of drug-likeness (QED) is 0.447. The van der Waals surface area contributed by atoms with E-state index in [2.05, 4.69) is 4.72 Å². The van der Waals surface area contributed by atoms with Gasteiger partial charge >= 0.3 is 0 Å². The van der Waals surface area contributed by atoms with E-state index in [1.54, 1.807) is 31.2 Å². The van der Waals surface area contributed by atoms with Crippen molar-refractivity contribution >= 4 is 31.6 Å². The molecule has 2 aromatic rings. The summed E-state index contributed by atoms with van der Waals surface area (Å²) in [6.45, 7) is 7.71. The molecule has 2 aromatic carbocycles. The average Bonchev–Trinajstić information content (AvgIpc) is 2.94. The highest BCUT2D eigenvalue weighted by Crippen LogP contribution is 2.29. The normalized spacial score (nSPS) is 21.9. The van der Waals surface area contributed by atoms with Gasteiger partial charge < -0.3 is 19.5 Å². The summed E-state index contributed by atoms with van der Waals surface area (Å²) < 4.78 is 66.7. The van der Waals surface area contributed by atoms with Crippen LogP contribution in [0.1, 0.15) is 56.0 Å². The Labute approximate surface area is 256 Å². The molecule has 0 unspecified atom stereocenters. The Hall–Kier alpha value is -2.71. The van der Waals surface area contributed by atoms with Gasteiger partial charge in [-0.25, -0.2) is 21.1 Å². The van der Waals surface area contributed by atoms with Crippen LogP contribution in [-0.4, -0.2) is 94.9 Å². The summed E-state index contributed by atoms with van der Waals surface area (Å²) in [5.74, 6) is -0.462. The topological polar surface area (TPSA) is 143 Å². The molecule has 0 bridgehead atoms. The maximum atomic E-state index is 14.2. The fraction of sp³-hybridized carbons (Fsp3) is 0.567. The van der Waals surface area contributed by atoms with E-state index in [-0.39, 0.29) is 47.9 Å². The van der Waals surface area contributed by atoms with Gasteiger partial charge in [-0.3, -0.25) is 9.52 Å². The van der Waals surface area contributed by atoms with E-state index < -0.39 is 38.1 Å². The molecule has 1 amide bonds. The number of nitrogens with one attached hydrogen (secondary N) is 1. The van der Waals surface area contributed by atoms with E-state index in [0.717, 1.165) is 24.7 Å². The largest absolute Gasteiger partial charge is 0.490 e. The first kappa shape index (κ1) is 34.8. The Morgan fingerprint density at radius 3 is 2.40 bits per heavy atom. The number of benzene rings is 2. The number of aliphatic hydroxyl groups is 1. The molecule has 1 heterocycles. The van der Waals surface area contributed by atoms with E-state index in [4.69, 9.17) is 9.47 Å². The van der Waals surface area contributed by atoms with Gasteiger partial charge in [0, 0.05) is 38.3 Å². The van der Waals surface area contributed by atoms with Gasteiger partial charge in [-0.1, -0.05) is 24.6 Å². The molecule has 1 aliphatic heterocycles. The van der Waals surface area contributed by atoms with Gasteiger partial charge in [0.1, 0.15) is 5.75 Å². The van der Waals surface area contributed by atoms with Crippen LogP contribution in [0.3, 0.4) is 0 Å². The third-order valence-electron chi connectivity index (χ3n) is 7.64. The number of carbonyl (C=O) groups excluding carboxylic acids is 1. The lowest BCUT2D eigenvalue weighted by Crippen LogP contribution is -2.47. The third kappa shape index (κ3) is 9.64. The first-order valence-corrected chi connectivity index (χ1v) is 17.8. The van der Waals surface area contributed by atoms with Crippen LogP contribution < -0.4 is 9.46 Å². The van der Waals surface area contributed by atoms with E-state index in [1.165, 1.54) is 34.5 Å². The molecular weight excluding hydrogens is 594 g/mol. The summed E-state index contributed by atoms with van der Waals surface area (Å²) in [5, 5.41) is 10.1. The van der Waals surface area contributed by atoms with Crippen LogP contribution in [0.5, 0.6) is 5.75 Å². The SMILES string of the molecule is Cc1ccc(S(=O)(=O)Nc2ccc3c(c2)C(=O)N([C@H](C)CO)C[C@H](C)[C@H](CN(C)S(C)(=O)=O)OCCCC[C@H](C)O3)cc1. The molecule has 0 spiro atoms. The molecule has 11 nitrogen and oxygen atoms in total. The van der Waals surface area contributed by atoms with Crippen molar-refractivity contribution in [1.29, 1.82) is 0 Å². The number of ether oxygens (including phenoxy) is 2. The monoisotopic (exact) mass is 639 g/mol. The highest BCUT2D eigenvalue weighted by atomic mass is 32.2. The number of hydrogen-bond donors (Lipinski definition) is 2. The van der Waals surface area contributed by atoms with E-state index >= 15 is 0 Å². The first-order valence-electron chi connectivity index (χ1n) is 14.5. The minimum Gasteiger partial charge on any atom is -0.490 e. The summed E-state index contributed by atoms with van der Waals surface area (Å²) in [4.78, 5) is 15.8. The van der Waals surface area contributed by atoms with Gasteiger partial charge in [-0.05, 0) is 70.4 Å². The Morgan fingerprint density at radius 2 is 1.77 bits per heavy atom. The summed E-state index contributed by atoms with van der Waals surface area (Å²) in [6, 6.07) is 10.4. The number of aliphatic hydroxyl groups excluding tert-OH is 1. The van der Waals surface area contributed by atoms with Crippen molar-refractivity contribution in [2.24, 2.45) is 5.92 Å². The van der Waals surface area contributed by atoms with Crippen LogP contribution in [0.25, 0.3) is 0 Å². The number of sulfonamides is 2. The number of fused-ring (bicyclic) bond motifs is 1. The zero-order chi connectivity index (χ0) is 31.9. The maximum Gasteiger partial charge on any atom is 0.261 e. The molecule has 0 radical (unpaired) electrons. The first-order chi connectivity index (χ1) is 20.1. The molecule has 4 atom stereocenters. The lowest BCUT2D eigenvalue weighted by Gasteiger charge is -2.35. The second kappa shape index (κ2) is 14.8. The molecule has 13 heteroatoms. The van der Waals surface area contributed by atoms with E-state index in [0.29, 0.717) is 18.8 Å². The Kier molecular flexibility index (Phi) is 12.0. The predicted octanol–water partition coefficient (Wildman–Crippen LogP) is 3.48. The van der Waals surface area contributed by atoms with Crippen LogP contribution in [0.15, 0.2) is 47.4 Å². The van der Waals surface area contributed by atoms with Crippen LogP contribution >= 0.6 is 0 Å². The van der Waals surface area contributed by atoms with Crippen LogP contribution in [0.2, 0.25) is 0 Å². The molecule has 0 saturated heterocycles. The van der Waals surface area contributed by atoms with Gasteiger partial charge in [0.15, 0.2) is 0 Å². The van der Waals surface area contributed by atoms with Gasteiger partial charge in [0.2, 0.25) is 10.0 Å². The zero-order valence-electron chi connectivity index (χ0n) is 25.8. The number of rotatable bonds is 8. The average molecular weight is 640 g/mol. The maximum absolute atomic E-state index is 14.2. The van der Waals surface area contributed by atoms with E-state index in [9.17, 15) is 26.7 Å². The minimum absolute atomic E-state index is 0.0869. The number of hydrogen-bond acceptors (Lipinski definition) is 8. The number of likely N-dealkylation sites (N-methyl/N-ethyl adjacent to an activating group) is 1. The summed E-state index contributed by atoms with van der Waals surface area (Å²) >= 11 is 0. The van der Waals surface area contributed by atoms with Crippen LogP contribution in [0.4, 0.5) is 5.69 Å².